The largest absolute Gasteiger partial charge is 0.355 e. The van der Waals surface area contributed by atoms with Gasteiger partial charge in [-0.05, 0) is 74.5 Å². The van der Waals surface area contributed by atoms with E-state index in [2.05, 4.69) is 21.2 Å². The molecule has 0 saturated heterocycles. The number of nitrogens with one attached hydrogen (secondary N) is 1. The molecule has 0 aliphatic heterocycles. The number of rotatable bonds is 4. The van der Waals surface area contributed by atoms with Crippen LogP contribution in [0.15, 0.2) is 0 Å². The minimum atomic E-state index is 0.0286. The standard InChI is InChI=1S/C18H28BrNO/c19-11-17(3-1-2-4-17)12-20-16(21)18-8-13-5-14(9-18)7-15(6-13)10-18/h13-15H,1-12H2,(H,20,21). The van der Waals surface area contributed by atoms with Crippen molar-refractivity contribution in [2.24, 2.45) is 28.6 Å². The molecule has 0 aromatic rings. The first-order valence-corrected chi connectivity index (χ1v) is 10.1. The summed E-state index contributed by atoms with van der Waals surface area (Å²) in [5.41, 5.74) is 0.374. The van der Waals surface area contributed by atoms with Gasteiger partial charge in [-0.25, -0.2) is 0 Å². The lowest BCUT2D eigenvalue weighted by Gasteiger charge is -2.55. The molecular formula is C18H28BrNO. The molecule has 0 atom stereocenters. The van der Waals surface area contributed by atoms with Gasteiger partial charge >= 0.3 is 0 Å². The first-order valence-electron chi connectivity index (χ1n) is 8.97. The maximum absolute atomic E-state index is 13.0. The molecule has 4 bridgehead atoms. The molecule has 0 spiro atoms. The van der Waals surface area contributed by atoms with Crippen molar-refractivity contribution in [3.8, 4) is 0 Å². The molecule has 2 nitrogen and oxygen atoms in total. The van der Waals surface area contributed by atoms with Crippen LogP contribution in [-0.2, 0) is 4.79 Å². The van der Waals surface area contributed by atoms with Gasteiger partial charge in [-0.1, -0.05) is 28.8 Å². The van der Waals surface area contributed by atoms with Crippen LogP contribution in [0.2, 0.25) is 0 Å². The second kappa shape index (κ2) is 5.25. The molecular weight excluding hydrogens is 326 g/mol. The van der Waals surface area contributed by atoms with Crippen LogP contribution in [0.5, 0.6) is 0 Å². The third-order valence-electron chi connectivity index (χ3n) is 7.09. The minimum absolute atomic E-state index is 0.0286. The highest BCUT2D eigenvalue weighted by atomic mass is 79.9. The fourth-order valence-corrected chi connectivity index (χ4v) is 7.09. The highest BCUT2D eigenvalue weighted by molar-refractivity contribution is 9.09. The summed E-state index contributed by atoms with van der Waals surface area (Å²) in [7, 11) is 0. The zero-order valence-corrected chi connectivity index (χ0v) is 14.6. The van der Waals surface area contributed by atoms with Gasteiger partial charge in [-0.15, -0.1) is 0 Å². The molecule has 0 unspecified atom stereocenters. The lowest BCUT2D eigenvalue weighted by atomic mass is 9.49. The van der Waals surface area contributed by atoms with E-state index in [1.165, 1.54) is 64.2 Å². The molecule has 0 radical (unpaired) electrons. The zero-order chi connectivity index (χ0) is 14.5. The van der Waals surface area contributed by atoms with E-state index in [1.54, 1.807) is 0 Å². The summed E-state index contributed by atoms with van der Waals surface area (Å²) in [6.45, 7) is 0.902. The molecule has 5 aliphatic rings. The number of amides is 1. The third kappa shape index (κ3) is 2.48. The monoisotopic (exact) mass is 353 g/mol. The maximum Gasteiger partial charge on any atom is 0.226 e. The number of alkyl halides is 1. The van der Waals surface area contributed by atoms with Crippen molar-refractivity contribution >= 4 is 21.8 Å². The molecule has 5 saturated carbocycles. The molecule has 0 heterocycles. The SMILES string of the molecule is O=C(NCC1(CBr)CCCC1)C12CC3CC(CC(C3)C1)C2. The smallest absolute Gasteiger partial charge is 0.226 e. The normalized spacial score (nSPS) is 43.2. The van der Waals surface area contributed by atoms with Crippen molar-refractivity contribution in [2.45, 2.75) is 64.2 Å². The molecule has 21 heavy (non-hydrogen) atoms. The average molecular weight is 354 g/mol. The quantitative estimate of drug-likeness (QED) is 0.751. The lowest BCUT2D eigenvalue weighted by Crippen LogP contribution is -2.54. The van der Waals surface area contributed by atoms with Crippen LogP contribution in [0.1, 0.15) is 64.2 Å². The van der Waals surface area contributed by atoms with Crippen LogP contribution in [-0.4, -0.2) is 17.8 Å². The van der Waals surface area contributed by atoms with E-state index in [9.17, 15) is 4.79 Å². The van der Waals surface area contributed by atoms with Crippen molar-refractivity contribution in [1.82, 2.24) is 5.32 Å². The Morgan fingerprint density at radius 2 is 1.52 bits per heavy atom. The molecule has 5 rings (SSSR count). The van der Waals surface area contributed by atoms with Gasteiger partial charge in [-0.3, -0.25) is 4.79 Å². The lowest BCUT2D eigenvalue weighted by molar-refractivity contribution is -0.146. The molecule has 5 fully saturated rings. The van der Waals surface area contributed by atoms with E-state index >= 15 is 0 Å². The molecule has 118 valence electrons. The summed E-state index contributed by atoms with van der Waals surface area (Å²) < 4.78 is 0. The first kappa shape index (κ1) is 14.5. The van der Waals surface area contributed by atoms with Crippen LogP contribution in [0.4, 0.5) is 0 Å². The molecule has 1 amide bonds. The summed E-state index contributed by atoms with van der Waals surface area (Å²) in [5, 5.41) is 4.45. The predicted octanol–water partition coefficient (Wildman–Crippen LogP) is 4.27. The van der Waals surface area contributed by atoms with Gasteiger partial charge in [0.2, 0.25) is 5.91 Å². The maximum atomic E-state index is 13.0. The molecule has 0 aromatic heterocycles. The summed E-state index contributed by atoms with van der Waals surface area (Å²) in [6, 6.07) is 0. The van der Waals surface area contributed by atoms with Crippen LogP contribution in [0.3, 0.4) is 0 Å². The van der Waals surface area contributed by atoms with Crippen molar-refractivity contribution in [3.05, 3.63) is 0 Å². The van der Waals surface area contributed by atoms with Crippen molar-refractivity contribution in [2.75, 3.05) is 11.9 Å². The summed E-state index contributed by atoms with van der Waals surface area (Å²) in [6.07, 6.45) is 13.0. The topological polar surface area (TPSA) is 29.1 Å². The van der Waals surface area contributed by atoms with E-state index in [0.29, 0.717) is 11.3 Å². The zero-order valence-electron chi connectivity index (χ0n) is 13.0. The van der Waals surface area contributed by atoms with Crippen LogP contribution in [0.25, 0.3) is 0 Å². The van der Waals surface area contributed by atoms with Gasteiger partial charge in [0, 0.05) is 17.3 Å². The Morgan fingerprint density at radius 1 is 1.00 bits per heavy atom. The van der Waals surface area contributed by atoms with E-state index < -0.39 is 0 Å². The number of carbonyl (C=O) groups is 1. The fraction of sp³-hybridized carbons (Fsp3) is 0.944. The number of carbonyl (C=O) groups excluding carboxylic acids is 1. The predicted molar refractivity (Wildman–Crippen MR) is 88.3 cm³/mol. The highest BCUT2D eigenvalue weighted by Crippen LogP contribution is 2.60. The Morgan fingerprint density at radius 3 is 2.00 bits per heavy atom. The Hall–Kier alpha value is -0.0500. The van der Waals surface area contributed by atoms with Gasteiger partial charge in [0.1, 0.15) is 0 Å². The number of hydrogen-bond acceptors (Lipinski definition) is 1. The summed E-state index contributed by atoms with van der Waals surface area (Å²) in [4.78, 5) is 13.0. The van der Waals surface area contributed by atoms with E-state index in [1.807, 2.05) is 0 Å². The minimum Gasteiger partial charge on any atom is -0.355 e. The Bertz CT molecular complexity index is 392. The summed E-state index contributed by atoms with van der Waals surface area (Å²) in [5.74, 6) is 2.99. The molecule has 1 N–H and O–H groups in total. The van der Waals surface area contributed by atoms with E-state index in [-0.39, 0.29) is 5.41 Å². The first-order chi connectivity index (χ1) is 10.1. The second-order valence-corrected chi connectivity index (χ2v) is 9.28. The Labute approximate surface area is 136 Å². The van der Waals surface area contributed by atoms with Crippen LogP contribution in [0, 0.1) is 28.6 Å². The van der Waals surface area contributed by atoms with Gasteiger partial charge < -0.3 is 5.32 Å². The third-order valence-corrected chi connectivity index (χ3v) is 8.28. The number of halogens is 1. The van der Waals surface area contributed by atoms with Crippen molar-refractivity contribution in [3.63, 3.8) is 0 Å². The average Bonchev–Trinajstić information content (AvgIpc) is 2.93. The summed E-state index contributed by atoms with van der Waals surface area (Å²) >= 11 is 3.70. The van der Waals surface area contributed by atoms with Crippen LogP contribution < -0.4 is 5.32 Å². The van der Waals surface area contributed by atoms with Gasteiger partial charge in [-0.2, -0.15) is 0 Å². The Kier molecular flexibility index (Phi) is 3.63. The van der Waals surface area contributed by atoms with Crippen molar-refractivity contribution in [1.29, 1.82) is 0 Å². The highest BCUT2D eigenvalue weighted by Gasteiger charge is 2.54. The van der Waals surface area contributed by atoms with E-state index in [0.717, 1.165) is 29.6 Å². The molecule has 5 aliphatic carbocycles. The number of hydrogen-bond donors (Lipinski definition) is 1. The molecule has 3 heteroatoms. The molecule has 0 aromatic carbocycles. The van der Waals surface area contributed by atoms with Gasteiger partial charge in [0.25, 0.3) is 0 Å². The van der Waals surface area contributed by atoms with Crippen LogP contribution >= 0.6 is 15.9 Å². The van der Waals surface area contributed by atoms with Crippen molar-refractivity contribution < 1.29 is 4.79 Å². The second-order valence-electron chi connectivity index (χ2n) is 8.72. The van der Waals surface area contributed by atoms with Gasteiger partial charge in [0.05, 0.1) is 0 Å². The van der Waals surface area contributed by atoms with Gasteiger partial charge in [0.15, 0.2) is 0 Å². The fourth-order valence-electron chi connectivity index (χ4n) is 6.33. The Balaban J connectivity index is 1.43. The van der Waals surface area contributed by atoms with E-state index in [4.69, 9.17) is 0 Å².